The predicted octanol–water partition coefficient (Wildman–Crippen LogP) is 3.55. The van der Waals surface area contributed by atoms with Crippen LogP contribution in [0.5, 0.6) is 5.75 Å². The van der Waals surface area contributed by atoms with Crippen LogP contribution in [-0.4, -0.2) is 22.2 Å². The number of hydrogen-bond acceptors (Lipinski definition) is 5. The Morgan fingerprint density at radius 1 is 1.32 bits per heavy atom. The molecule has 0 fully saturated rings. The molecule has 2 aromatic rings. The van der Waals surface area contributed by atoms with Gasteiger partial charge in [0.2, 0.25) is 5.13 Å². The molecule has 1 aromatic carbocycles. The highest BCUT2D eigenvalue weighted by Gasteiger charge is 2.18. The minimum atomic E-state index is -0.612. The molecule has 1 unspecified atom stereocenters. The molecule has 1 aromatic heterocycles. The number of benzene rings is 1. The van der Waals surface area contributed by atoms with Gasteiger partial charge < -0.3 is 4.74 Å². The van der Waals surface area contributed by atoms with Gasteiger partial charge in [-0.15, -0.1) is 10.2 Å². The van der Waals surface area contributed by atoms with Gasteiger partial charge in [0, 0.05) is 0 Å². The minimum Gasteiger partial charge on any atom is -0.481 e. The number of amides is 1. The lowest BCUT2D eigenvalue weighted by Gasteiger charge is -2.20. The summed E-state index contributed by atoms with van der Waals surface area (Å²) in [6, 6.07) is 7.82. The first-order valence-corrected chi connectivity index (χ1v) is 7.95. The summed E-state index contributed by atoms with van der Waals surface area (Å²) in [5.41, 5.74) is 1.20. The Kier molecular flexibility index (Phi) is 4.81. The van der Waals surface area contributed by atoms with Gasteiger partial charge in [0.05, 0.1) is 0 Å². The first-order chi connectivity index (χ1) is 10.3. The van der Waals surface area contributed by atoms with Gasteiger partial charge in [-0.3, -0.25) is 10.1 Å². The van der Waals surface area contributed by atoms with E-state index in [0.717, 1.165) is 10.6 Å². The van der Waals surface area contributed by atoms with Gasteiger partial charge in [0.1, 0.15) is 10.8 Å². The molecule has 2 rings (SSSR count). The Hall–Kier alpha value is -1.95. The van der Waals surface area contributed by atoms with Gasteiger partial charge in [-0.05, 0) is 37.0 Å². The number of carbonyl (C=O) groups is 1. The van der Waals surface area contributed by atoms with Crippen LogP contribution in [0.25, 0.3) is 0 Å². The van der Waals surface area contributed by atoms with Crippen LogP contribution in [0.4, 0.5) is 5.13 Å². The summed E-state index contributed by atoms with van der Waals surface area (Å²) in [6.45, 7) is 9.97. The third-order valence-electron chi connectivity index (χ3n) is 3.14. The molecule has 0 aliphatic carbocycles. The fourth-order valence-corrected chi connectivity index (χ4v) is 2.44. The van der Waals surface area contributed by atoms with Crippen LogP contribution in [0.1, 0.15) is 38.3 Å². The number of aromatic nitrogens is 2. The van der Waals surface area contributed by atoms with Crippen molar-refractivity contribution in [1.29, 1.82) is 0 Å². The fourth-order valence-electron chi connectivity index (χ4n) is 1.85. The molecule has 22 heavy (non-hydrogen) atoms. The Morgan fingerprint density at radius 2 is 2.05 bits per heavy atom. The molecule has 1 atom stereocenters. The van der Waals surface area contributed by atoms with Crippen molar-refractivity contribution in [3.05, 3.63) is 34.8 Å². The van der Waals surface area contributed by atoms with Crippen LogP contribution in [-0.2, 0) is 10.2 Å². The van der Waals surface area contributed by atoms with Crippen LogP contribution in [0.15, 0.2) is 24.3 Å². The molecule has 5 nitrogen and oxygen atoms in total. The summed E-state index contributed by atoms with van der Waals surface area (Å²) >= 11 is 1.34. The second-order valence-electron chi connectivity index (χ2n) is 6.15. The van der Waals surface area contributed by atoms with E-state index in [-0.39, 0.29) is 11.3 Å². The van der Waals surface area contributed by atoms with Crippen molar-refractivity contribution in [2.75, 3.05) is 5.32 Å². The van der Waals surface area contributed by atoms with Gasteiger partial charge in [-0.25, -0.2) is 0 Å². The van der Waals surface area contributed by atoms with Gasteiger partial charge in [0.15, 0.2) is 6.10 Å². The van der Waals surface area contributed by atoms with E-state index in [4.69, 9.17) is 4.74 Å². The van der Waals surface area contributed by atoms with Crippen LogP contribution in [0.3, 0.4) is 0 Å². The fraction of sp³-hybridized carbons (Fsp3) is 0.438. The molecule has 1 N–H and O–H groups in total. The Morgan fingerprint density at radius 3 is 2.64 bits per heavy atom. The molecule has 1 heterocycles. The van der Waals surface area contributed by atoms with Crippen molar-refractivity contribution < 1.29 is 9.53 Å². The minimum absolute atomic E-state index is 0.0367. The second kappa shape index (κ2) is 6.44. The Balaban J connectivity index is 2.02. The smallest absolute Gasteiger partial charge is 0.266 e. The predicted molar refractivity (Wildman–Crippen MR) is 88.5 cm³/mol. The number of ether oxygens (including phenoxy) is 1. The number of anilines is 1. The highest BCUT2D eigenvalue weighted by atomic mass is 32.1. The zero-order valence-corrected chi connectivity index (χ0v) is 14.3. The van der Waals surface area contributed by atoms with Crippen molar-refractivity contribution in [3.8, 4) is 5.75 Å². The van der Waals surface area contributed by atoms with E-state index in [9.17, 15) is 4.79 Å². The van der Waals surface area contributed by atoms with Crippen molar-refractivity contribution in [1.82, 2.24) is 10.2 Å². The van der Waals surface area contributed by atoms with E-state index in [1.54, 1.807) is 6.92 Å². The molecule has 0 bridgehead atoms. The van der Waals surface area contributed by atoms with Crippen LogP contribution >= 0.6 is 11.3 Å². The van der Waals surface area contributed by atoms with Gasteiger partial charge in [-0.2, -0.15) is 0 Å². The van der Waals surface area contributed by atoms with Crippen molar-refractivity contribution in [2.24, 2.45) is 0 Å². The van der Waals surface area contributed by atoms with Crippen LogP contribution < -0.4 is 10.1 Å². The lowest BCUT2D eigenvalue weighted by atomic mass is 9.87. The highest BCUT2D eigenvalue weighted by Crippen LogP contribution is 2.26. The molecule has 0 radical (unpaired) electrons. The maximum Gasteiger partial charge on any atom is 0.266 e. The average Bonchev–Trinajstić information content (AvgIpc) is 2.83. The average molecular weight is 319 g/mol. The molecule has 6 heteroatoms. The second-order valence-corrected chi connectivity index (χ2v) is 7.34. The molecule has 118 valence electrons. The molecular formula is C16H21N3O2S. The standard InChI is InChI=1S/C16H21N3O2S/c1-10(14(20)17-15-19-18-11(2)22-15)21-13-8-6-7-12(9-13)16(3,4)5/h6-10H,1-5H3,(H,17,19,20). The number of hydrogen-bond donors (Lipinski definition) is 1. The molecular weight excluding hydrogens is 298 g/mol. The number of nitrogens with zero attached hydrogens (tertiary/aromatic N) is 2. The van der Waals surface area contributed by atoms with E-state index in [2.05, 4.69) is 42.4 Å². The van der Waals surface area contributed by atoms with E-state index in [1.807, 2.05) is 25.1 Å². The molecule has 0 saturated carbocycles. The quantitative estimate of drug-likeness (QED) is 0.936. The van der Waals surface area contributed by atoms with Crippen molar-refractivity contribution in [3.63, 3.8) is 0 Å². The van der Waals surface area contributed by atoms with Gasteiger partial charge in [0.25, 0.3) is 5.91 Å². The Labute approximate surface area is 134 Å². The topological polar surface area (TPSA) is 64.1 Å². The lowest BCUT2D eigenvalue weighted by Crippen LogP contribution is -2.30. The SMILES string of the molecule is Cc1nnc(NC(=O)C(C)Oc2cccc(C(C)(C)C)c2)s1. The number of aryl methyl sites for hydroxylation is 1. The van der Waals surface area contributed by atoms with Crippen LogP contribution in [0.2, 0.25) is 0 Å². The largest absolute Gasteiger partial charge is 0.481 e. The van der Waals surface area contributed by atoms with E-state index in [0.29, 0.717) is 10.9 Å². The molecule has 0 saturated heterocycles. The maximum atomic E-state index is 12.1. The molecule has 0 aliphatic heterocycles. The zero-order chi connectivity index (χ0) is 16.3. The third kappa shape index (κ3) is 4.27. The molecule has 0 aliphatic rings. The number of rotatable bonds is 4. The first kappa shape index (κ1) is 16.4. The van der Waals surface area contributed by atoms with Crippen LogP contribution in [0, 0.1) is 6.92 Å². The van der Waals surface area contributed by atoms with Crippen molar-refractivity contribution in [2.45, 2.75) is 46.1 Å². The van der Waals surface area contributed by atoms with Crippen molar-refractivity contribution >= 4 is 22.4 Å². The van der Waals surface area contributed by atoms with E-state index >= 15 is 0 Å². The number of carbonyl (C=O) groups excluding carboxylic acids is 1. The summed E-state index contributed by atoms with van der Waals surface area (Å²) in [7, 11) is 0. The number of nitrogens with one attached hydrogen (secondary N) is 1. The lowest BCUT2D eigenvalue weighted by molar-refractivity contribution is -0.122. The summed E-state index contributed by atoms with van der Waals surface area (Å²) in [6.07, 6.45) is -0.612. The normalized spacial score (nSPS) is 12.8. The zero-order valence-electron chi connectivity index (χ0n) is 13.5. The summed E-state index contributed by atoms with van der Waals surface area (Å²) in [5.74, 6) is 0.445. The van der Waals surface area contributed by atoms with Gasteiger partial charge in [-0.1, -0.05) is 44.2 Å². The molecule has 1 amide bonds. The molecule has 0 spiro atoms. The highest BCUT2D eigenvalue weighted by molar-refractivity contribution is 7.15. The van der Waals surface area contributed by atoms with Gasteiger partial charge >= 0.3 is 0 Å². The van der Waals surface area contributed by atoms with E-state index < -0.39 is 6.10 Å². The summed E-state index contributed by atoms with van der Waals surface area (Å²) in [5, 5.41) is 11.7. The van der Waals surface area contributed by atoms with E-state index in [1.165, 1.54) is 11.3 Å². The summed E-state index contributed by atoms with van der Waals surface area (Å²) in [4.78, 5) is 12.1. The summed E-state index contributed by atoms with van der Waals surface area (Å²) < 4.78 is 5.74. The first-order valence-electron chi connectivity index (χ1n) is 7.14. The Bertz CT molecular complexity index is 661. The third-order valence-corrected chi connectivity index (χ3v) is 3.89. The monoisotopic (exact) mass is 319 g/mol. The maximum absolute atomic E-state index is 12.1.